The number of nitrogens with zero attached hydrogens (tertiary/aromatic N) is 1. The second-order valence-corrected chi connectivity index (χ2v) is 8.93. The third-order valence-electron chi connectivity index (χ3n) is 6.41. The fourth-order valence-corrected chi connectivity index (χ4v) is 4.80. The molecule has 1 aliphatic rings. The van der Waals surface area contributed by atoms with Crippen LogP contribution in [-0.2, 0) is 13.0 Å². The maximum Gasteiger partial charge on any atom is 0.200 e. The molecular weight excluding hydrogens is 466 g/mol. The molecular formula is C28H26ClNO5. The van der Waals surface area contributed by atoms with Crippen molar-refractivity contribution in [3.8, 4) is 28.4 Å². The molecule has 4 aromatic rings. The Morgan fingerprint density at radius 1 is 1.03 bits per heavy atom. The number of ether oxygens (including phenoxy) is 3. The normalized spacial score (nSPS) is 13.4. The van der Waals surface area contributed by atoms with E-state index in [-0.39, 0.29) is 5.43 Å². The summed E-state index contributed by atoms with van der Waals surface area (Å²) in [5.41, 5.74) is 3.67. The largest absolute Gasteiger partial charge is 0.493 e. The van der Waals surface area contributed by atoms with E-state index in [2.05, 4.69) is 4.90 Å². The fourth-order valence-electron chi connectivity index (χ4n) is 4.57. The van der Waals surface area contributed by atoms with Gasteiger partial charge in [0.25, 0.3) is 0 Å². The van der Waals surface area contributed by atoms with Gasteiger partial charge in [-0.2, -0.15) is 0 Å². The molecule has 0 unspecified atom stereocenters. The zero-order chi connectivity index (χ0) is 24.5. The standard InChI is InChI=1S/C28H26ClNO5/c1-17-26(19-8-10-24(32-2)25(14-19)33-3)27(31)20-9-11-23-21(28(20)35-17)15-30(16-34-23)13-12-18-6-4-5-7-22(18)29/h4-11,14H,12-13,15-16H2,1-3H3. The number of benzene rings is 3. The van der Waals surface area contributed by atoms with Crippen molar-refractivity contribution >= 4 is 22.6 Å². The highest BCUT2D eigenvalue weighted by molar-refractivity contribution is 6.31. The zero-order valence-corrected chi connectivity index (χ0v) is 20.6. The van der Waals surface area contributed by atoms with Crippen molar-refractivity contribution in [2.45, 2.75) is 19.9 Å². The topological polar surface area (TPSA) is 61.1 Å². The molecule has 6 nitrogen and oxygen atoms in total. The minimum Gasteiger partial charge on any atom is -0.493 e. The number of methoxy groups -OCH3 is 2. The predicted octanol–water partition coefficient (Wildman–Crippen LogP) is 5.83. The summed E-state index contributed by atoms with van der Waals surface area (Å²) in [6.07, 6.45) is 0.801. The Hall–Kier alpha value is -3.48. The van der Waals surface area contributed by atoms with Crippen molar-refractivity contribution in [1.82, 2.24) is 4.90 Å². The molecule has 1 aliphatic heterocycles. The van der Waals surface area contributed by atoms with Crippen LogP contribution in [0.3, 0.4) is 0 Å². The van der Waals surface area contributed by atoms with Crippen LogP contribution in [0.15, 0.2) is 63.8 Å². The Kier molecular flexibility index (Phi) is 6.41. The van der Waals surface area contributed by atoms with Gasteiger partial charge in [0.15, 0.2) is 11.5 Å². The first-order valence-corrected chi connectivity index (χ1v) is 11.8. The molecule has 0 saturated heterocycles. The van der Waals surface area contributed by atoms with Crippen LogP contribution in [0, 0.1) is 6.92 Å². The molecule has 5 rings (SSSR count). The van der Waals surface area contributed by atoms with Crippen LogP contribution in [0.25, 0.3) is 22.1 Å². The first kappa shape index (κ1) is 23.3. The summed E-state index contributed by atoms with van der Waals surface area (Å²) in [7, 11) is 3.15. The van der Waals surface area contributed by atoms with Crippen LogP contribution in [0.2, 0.25) is 5.02 Å². The van der Waals surface area contributed by atoms with Crippen LogP contribution >= 0.6 is 11.6 Å². The smallest absolute Gasteiger partial charge is 0.200 e. The minimum atomic E-state index is -0.0908. The van der Waals surface area contributed by atoms with Crippen LogP contribution in [0.1, 0.15) is 16.9 Å². The Morgan fingerprint density at radius 3 is 2.60 bits per heavy atom. The Labute approximate surface area is 208 Å². The molecule has 0 saturated carbocycles. The summed E-state index contributed by atoms with van der Waals surface area (Å²) >= 11 is 6.32. The van der Waals surface area contributed by atoms with Crippen LogP contribution in [0.4, 0.5) is 0 Å². The van der Waals surface area contributed by atoms with Gasteiger partial charge in [-0.3, -0.25) is 9.69 Å². The molecule has 2 heterocycles. The van der Waals surface area contributed by atoms with Gasteiger partial charge in [-0.15, -0.1) is 0 Å². The highest BCUT2D eigenvalue weighted by atomic mass is 35.5. The van der Waals surface area contributed by atoms with E-state index < -0.39 is 0 Å². The average molecular weight is 492 g/mol. The molecule has 0 amide bonds. The van der Waals surface area contributed by atoms with E-state index in [1.54, 1.807) is 32.4 Å². The third kappa shape index (κ3) is 4.35. The Balaban J connectivity index is 1.50. The average Bonchev–Trinajstić information content (AvgIpc) is 2.88. The lowest BCUT2D eigenvalue weighted by atomic mass is 10.00. The second kappa shape index (κ2) is 9.64. The molecule has 0 aliphatic carbocycles. The van der Waals surface area contributed by atoms with E-state index in [0.717, 1.165) is 34.9 Å². The van der Waals surface area contributed by atoms with Crippen LogP contribution < -0.4 is 19.6 Å². The van der Waals surface area contributed by atoms with Crippen LogP contribution in [0.5, 0.6) is 17.2 Å². The number of fused-ring (bicyclic) bond motifs is 3. The Morgan fingerprint density at radius 2 is 1.83 bits per heavy atom. The van der Waals surface area contributed by atoms with E-state index in [1.807, 2.05) is 43.3 Å². The van der Waals surface area contributed by atoms with Crippen molar-refractivity contribution in [1.29, 1.82) is 0 Å². The van der Waals surface area contributed by atoms with Gasteiger partial charge >= 0.3 is 0 Å². The van der Waals surface area contributed by atoms with Gasteiger partial charge < -0.3 is 18.6 Å². The lowest BCUT2D eigenvalue weighted by Gasteiger charge is -2.29. The van der Waals surface area contributed by atoms with Crippen molar-refractivity contribution in [2.24, 2.45) is 0 Å². The van der Waals surface area contributed by atoms with E-state index >= 15 is 0 Å². The predicted molar refractivity (Wildman–Crippen MR) is 137 cm³/mol. The van der Waals surface area contributed by atoms with Crippen molar-refractivity contribution in [3.63, 3.8) is 0 Å². The summed E-state index contributed by atoms with van der Waals surface area (Å²) < 4.78 is 23.1. The van der Waals surface area contributed by atoms with Gasteiger partial charge in [0.05, 0.1) is 30.7 Å². The molecule has 0 N–H and O–H groups in total. The van der Waals surface area contributed by atoms with Crippen molar-refractivity contribution in [3.05, 3.63) is 86.7 Å². The fraction of sp³-hybridized carbons (Fsp3) is 0.250. The van der Waals surface area contributed by atoms with E-state index in [4.69, 9.17) is 30.2 Å². The molecule has 7 heteroatoms. The summed E-state index contributed by atoms with van der Waals surface area (Å²) in [6, 6.07) is 16.9. The maximum absolute atomic E-state index is 13.6. The van der Waals surface area contributed by atoms with Gasteiger partial charge in [-0.05, 0) is 54.8 Å². The summed E-state index contributed by atoms with van der Waals surface area (Å²) in [5, 5.41) is 1.29. The molecule has 180 valence electrons. The van der Waals surface area contributed by atoms with E-state index in [0.29, 0.717) is 52.6 Å². The zero-order valence-electron chi connectivity index (χ0n) is 19.9. The number of hydrogen-bond acceptors (Lipinski definition) is 6. The molecule has 0 fully saturated rings. The number of hydrogen-bond donors (Lipinski definition) is 0. The summed E-state index contributed by atoms with van der Waals surface area (Å²) in [4.78, 5) is 15.8. The summed E-state index contributed by atoms with van der Waals surface area (Å²) in [5.74, 6) is 2.43. The second-order valence-electron chi connectivity index (χ2n) is 8.52. The molecule has 35 heavy (non-hydrogen) atoms. The van der Waals surface area contributed by atoms with Crippen LogP contribution in [-0.4, -0.2) is 32.4 Å². The molecule has 0 spiro atoms. The number of rotatable bonds is 6. The molecule has 0 atom stereocenters. The highest BCUT2D eigenvalue weighted by Crippen LogP contribution is 2.36. The SMILES string of the molecule is COc1ccc(-c2c(C)oc3c4c(ccc3c2=O)OCN(CCc2ccccc2Cl)C4)cc1OC. The molecule has 0 bridgehead atoms. The van der Waals surface area contributed by atoms with E-state index in [9.17, 15) is 4.79 Å². The van der Waals surface area contributed by atoms with Crippen molar-refractivity contribution < 1.29 is 18.6 Å². The van der Waals surface area contributed by atoms with Gasteiger partial charge in [0, 0.05) is 18.1 Å². The van der Waals surface area contributed by atoms with Gasteiger partial charge in [-0.1, -0.05) is 35.9 Å². The highest BCUT2D eigenvalue weighted by Gasteiger charge is 2.24. The van der Waals surface area contributed by atoms with Gasteiger partial charge in [0.1, 0.15) is 23.8 Å². The van der Waals surface area contributed by atoms with E-state index in [1.165, 1.54) is 0 Å². The first-order valence-electron chi connectivity index (χ1n) is 11.4. The third-order valence-corrected chi connectivity index (χ3v) is 6.78. The first-order chi connectivity index (χ1) is 17.0. The molecule has 0 radical (unpaired) electrons. The maximum atomic E-state index is 13.6. The quantitative estimate of drug-likeness (QED) is 0.338. The number of aryl methyl sites for hydroxylation is 1. The van der Waals surface area contributed by atoms with Gasteiger partial charge in [0.2, 0.25) is 5.43 Å². The Bertz CT molecular complexity index is 1460. The summed E-state index contributed by atoms with van der Waals surface area (Å²) in [6.45, 7) is 3.67. The van der Waals surface area contributed by atoms with Crippen molar-refractivity contribution in [2.75, 3.05) is 27.5 Å². The molecule has 3 aromatic carbocycles. The number of halogens is 1. The molecule has 1 aromatic heterocycles. The lowest BCUT2D eigenvalue weighted by molar-refractivity contribution is 0.0968. The monoisotopic (exact) mass is 491 g/mol. The minimum absolute atomic E-state index is 0.0908. The van der Waals surface area contributed by atoms with Gasteiger partial charge in [-0.25, -0.2) is 0 Å². The lowest BCUT2D eigenvalue weighted by Crippen LogP contribution is -2.34.